The van der Waals surface area contributed by atoms with Gasteiger partial charge in [0.15, 0.2) is 5.78 Å². The summed E-state index contributed by atoms with van der Waals surface area (Å²) in [5.74, 6) is 0.0593. The van der Waals surface area contributed by atoms with Crippen molar-refractivity contribution >= 4 is 27.6 Å². The second-order valence-electron chi connectivity index (χ2n) is 8.48. The Balaban J connectivity index is 1.55. The van der Waals surface area contributed by atoms with E-state index < -0.39 is 0 Å². The monoisotopic (exact) mass is 468 g/mol. The summed E-state index contributed by atoms with van der Waals surface area (Å²) in [5, 5.41) is 22.2. The van der Waals surface area contributed by atoms with Gasteiger partial charge in [-0.25, -0.2) is 0 Å². The molecule has 172 valence electrons. The predicted octanol–water partition coefficient (Wildman–Crippen LogP) is 6.76. The van der Waals surface area contributed by atoms with Crippen molar-refractivity contribution in [2.75, 3.05) is 0 Å². The van der Waals surface area contributed by atoms with Gasteiger partial charge in [-0.2, -0.15) is 0 Å². The maximum Gasteiger partial charge on any atom is 0.194 e. The molecule has 6 aromatic rings. The summed E-state index contributed by atoms with van der Waals surface area (Å²) < 4.78 is 0. The van der Waals surface area contributed by atoms with Crippen molar-refractivity contribution in [1.82, 2.24) is 9.97 Å². The van der Waals surface area contributed by atoms with E-state index in [0.29, 0.717) is 22.2 Å². The van der Waals surface area contributed by atoms with Crippen molar-refractivity contribution in [2.45, 2.75) is 0 Å². The zero-order valence-corrected chi connectivity index (χ0v) is 19.1. The van der Waals surface area contributed by atoms with Crippen molar-refractivity contribution in [1.29, 1.82) is 0 Å². The summed E-state index contributed by atoms with van der Waals surface area (Å²) in [5.41, 5.74) is 5.21. The van der Waals surface area contributed by atoms with Gasteiger partial charge in [0.25, 0.3) is 0 Å². The van der Waals surface area contributed by atoms with E-state index in [1.54, 1.807) is 24.5 Å². The first-order chi connectivity index (χ1) is 17.6. The van der Waals surface area contributed by atoms with E-state index in [2.05, 4.69) is 9.97 Å². The zero-order valence-electron chi connectivity index (χ0n) is 19.1. The highest BCUT2D eigenvalue weighted by Crippen LogP contribution is 2.38. The molecule has 0 aliphatic carbocycles. The summed E-state index contributed by atoms with van der Waals surface area (Å²) in [6.07, 6.45) is 3.27. The van der Waals surface area contributed by atoms with Gasteiger partial charge in [-0.05, 0) is 58.7 Å². The van der Waals surface area contributed by atoms with Gasteiger partial charge in [0.1, 0.15) is 22.5 Å². The molecule has 0 aliphatic rings. The smallest absolute Gasteiger partial charge is 0.194 e. The molecule has 0 fully saturated rings. The Morgan fingerprint density at radius 1 is 0.500 bits per heavy atom. The average molecular weight is 469 g/mol. The van der Waals surface area contributed by atoms with Crippen LogP contribution in [0.2, 0.25) is 0 Å². The van der Waals surface area contributed by atoms with Gasteiger partial charge in [0.2, 0.25) is 0 Å². The standard InChI is InChI=1S/C31H20N2O3/c34-27-15-13-21(23-11-5-17-32-29(23)27)19-7-1-3-9-25(19)31(36)26-10-4-2-8-20(26)22-14-16-28(35)30-24(22)12-6-18-33-30/h1-18,34-35H. The number of aromatic hydroxyl groups is 2. The minimum atomic E-state index is -0.128. The van der Waals surface area contributed by atoms with E-state index >= 15 is 0 Å². The fourth-order valence-electron chi connectivity index (χ4n) is 4.76. The van der Waals surface area contributed by atoms with Gasteiger partial charge in [-0.1, -0.05) is 60.7 Å². The third-order valence-corrected chi connectivity index (χ3v) is 6.42. The highest BCUT2D eigenvalue weighted by atomic mass is 16.3. The number of ketones is 1. The van der Waals surface area contributed by atoms with Gasteiger partial charge in [-0.3, -0.25) is 14.8 Å². The number of phenolic OH excluding ortho intramolecular Hbond substituents is 2. The summed E-state index contributed by atoms with van der Waals surface area (Å²) in [6.45, 7) is 0. The lowest BCUT2D eigenvalue weighted by Gasteiger charge is -2.15. The molecule has 0 unspecified atom stereocenters. The van der Waals surface area contributed by atoms with E-state index in [1.807, 2.05) is 84.9 Å². The molecule has 4 aromatic carbocycles. The molecule has 0 amide bonds. The molecule has 5 nitrogen and oxygen atoms in total. The van der Waals surface area contributed by atoms with Gasteiger partial charge >= 0.3 is 0 Å². The molecule has 2 N–H and O–H groups in total. The Morgan fingerprint density at radius 2 is 0.944 bits per heavy atom. The molecule has 2 aromatic heterocycles. The summed E-state index contributed by atoms with van der Waals surface area (Å²) in [6, 6.07) is 29.2. The second-order valence-corrected chi connectivity index (χ2v) is 8.48. The molecular formula is C31H20N2O3. The normalized spacial score (nSPS) is 11.1. The number of hydrogen-bond acceptors (Lipinski definition) is 5. The molecule has 0 atom stereocenters. The lowest BCUT2D eigenvalue weighted by Crippen LogP contribution is -2.06. The minimum Gasteiger partial charge on any atom is -0.506 e. The number of benzene rings is 4. The molecule has 0 spiro atoms. The van der Waals surface area contributed by atoms with E-state index in [-0.39, 0.29) is 17.3 Å². The largest absolute Gasteiger partial charge is 0.506 e. The quantitative estimate of drug-likeness (QED) is 0.279. The second kappa shape index (κ2) is 8.64. The number of fused-ring (bicyclic) bond motifs is 2. The SMILES string of the molecule is O=C(c1ccccc1-c1ccc(O)c2ncccc12)c1ccccc1-c1ccc(O)c2ncccc12. The first kappa shape index (κ1) is 21.5. The predicted molar refractivity (Wildman–Crippen MR) is 141 cm³/mol. The fourth-order valence-corrected chi connectivity index (χ4v) is 4.76. The molecule has 2 heterocycles. The van der Waals surface area contributed by atoms with Crippen molar-refractivity contribution in [3.8, 4) is 33.8 Å². The van der Waals surface area contributed by atoms with Crippen molar-refractivity contribution in [2.24, 2.45) is 0 Å². The number of hydrogen-bond donors (Lipinski definition) is 2. The Hall–Kier alpha value is -5.03. The topological polar surface area (TPSA) is 83.3 Å². The van der Waals surface area contributed by atoms with Gasteiger partial charge in [-0.15, -0.1) is 0 Å². The Kier molecular flexibility index (Phi) is 5.16. The van der Waals surface area contributed by atoms with Crippen LogP contribution < -0.4 is 0 Å². The Morgan fingerprint density at radius 3 is 1.42 bits per heavy atom. The average Bonchev–Trinajstić information content (AvgIpc) is 2.94. The van der Waals surface area contributed by atoms with E-state index in [0.717, 1.165) is 33.0 Å². The number of aromatic nitrogens is 2. The van der Waals surface area contributed by atoms with Crippen LogP contribution in [0.1, 0.15) is 15.9 Å². The summed E-state index contributed by atoms with van der Waals surface area (Å²) in [7, 11) is 0. The van der Waals surface area contributed by atoms with Crippen LogP contribution in [-0.4, -0.2) is 26.0 Å². The van der Waals surface area contributed by atoms with Gasteiger partial charge in [0, 0.05) is 34.3 Å². The number of carbonyl (C=O) groups excluding carboxylic acids is 1. The number of phenols is 2. The maximum atomic E-state index is 14.1. The Labute approximate surface area is 207 Å². The van der Waals surface area contributed by atoms with Crippen LogP contribution >= 0.6 is 0 Å². The Bertz CT molecular complexity index is 1660. The highest BCUT2D eigenvalue weighted by molar-refractivity contribution is 6.18. The van der Waals surface area contributed by atoms with Crippen LogP contribution in [0.5, 0.6) is 11.5 Å². The van der Waals surface area contributed by atoms with E-state index in [9.17, 15) is 15.0 Å². The highest BCUT2D eigenvalue weighted by Gasteiger charge is 2.21. The van der Waals surface area contributed by atoms with Crippen LogP contribution in [0.25, 0.3) is 44.1 Å². The number of pyridine rings is 2. The summed E-state index contributed by atoms with van der Waals surface area (Å²) in [4.78, 5) is 22.8. The number of carbonyl (C=O) groups is 1. The number of nitrogens with zero attached hydrogens (tertiary/aromatic N) is 2. The van der Waals surface area contributed by atoms with E-state index in [1.165, 1.54) is 0 Å². The fraction of sp³-hybridized carbons (Fsp3) is 0. The minimum absolute atomic E-state index is 0.0938. The molecular weight excluding hydrogens is 448 g/mol. The molecule has 6 rings (SSSR count). The first-order valence-electron chi connectivity index (χ1n) is 11.5. The maximum absolute atomic E-state index is 14.1. The van der Waals surface area contributed by atoms with Crippen LogP contribution in [0.3, 0.4) is 0 Å². The summed E-state index contributed by atoms with van der Waals surface area (Å²) >= 11 is 0. The molecule has 0 aliphatic heterocycles. The van der Waals surface area contributed by atoms with Crippen molar-refractivity contribution in [3.63, 3.8) is 0 Å². The third kappa shape index (κ3) is 3.46. The molecule has 0 saturated carbocycles. The first-order valence-corrected chi connectivity index (χ1v) is 11.5. The van der Waals surface area contributed by atoms with Crippen molar-refractivity contribution < 1.29 is 15.0 Å². The van der Waals surface area contributed by atoms with Gasteiger partial charge in [0.05, 0.1) is 0 Å². The van der Waals surface area contributed by atoms with E-state index in [4.69, 9.17) is 0 Å². The lowest BCUT2D eigenvalue weighted by molar-refractivity contribution is 0.104. The molecule has 36 heavy (non-hydrogen) atoms. The van der Waals surface area contributed by atoms with Crippen LogP contribution in [0.4, 0.5) is 0 Å². The van der Waals surface area contributed by atoms with Crippen molar-refractivity contribution in [3.05, 3.63) is 121 Å². The lowest BCUT2D eigenvalue weighted by atomic mass is 9.88. The van der Waals surface area contributed by atoms with Crippen LogP contribution in [-0.2, 0) is 0 Å². The molecule has 0 radical (unpaired) electrons. The van der Waals surface area contributed by atoms with Crippen LogP contribution in [0, 0.1) is 0 Å². The zero-order chi connectivity index (χ0) is 24.6. The third-order valence-electron chi connectivity index (χ3n) is 6.42. The molecule has 5 heteroatoms. The molecule has 0 bridgehead atoms. The molecule has 0 saturated heterocycles. The van der Waals surface area contributed by atoms with Gasteiger partial charge < -0.3 is 10.2 Å². The number of rotatable bonds is 4. The van der Waals surface area contributed by atoms with Crippen LogP contribution in [0.15, 0.2) is 109 Å².